The van der Waals surface area contributed by atoms with Crippen LogP contribution in [-0.2, 0) is 15.6 Å². The summed E-state index contributed by atoms with van der Waals surface area (Å²) >= 11 is 0. The second-order valence-electron chi connectivity index (χ2n) is 8.89. The number of sulfonamides is 1. The molecule has 1 aromatic heterocycles. The van der Waals surface area contributed by atoms with Crippen LogP contribution in [0.3, 0.4) is 0 Å². The Hall–Kier alpha value is -2.77. The van der Waals surface area contributed by atoms with E-state index in [1.165, 1.54) is 44.8 Å². The maximum Gasteiger partial charge on any atom is 0.251 e. The lowest BCUT2D eigenvalue weighted by molar-refractivity contribution is 0.0910. The molecule has 0 spiro atoms. The number of benzene rings is 1. The van der Waals surface area contributed by atoms with E-state index in [-0.39, 0.29) is 22.8 Å². The maximum absolute atomic E-state index is 13.1. The van der Waals surface area contributed by atoms with E-state index in [1.54, 1.807) is 10.9 Å². The zero-order valence-electron chi connectivity index (χ0n) is 18.4. The molecule has 4 rings (SSSR count). The molecule has 1 aromatic carbocycles. The minimum atomic E-state index is -3.56. The van der Waals surface area contributed by atoms with Crippen LogP contribution in [-0.4, -0.2) is 47.7 Å². The molecule has 1 N–H and O–H groups in total. The van der Waals surface area contributed by atoms with Gasteiger partial charge in [-0.15, -0.1) is 5.10 Å². The lowest BCUT2D eigenvalue weighted by Crippen LogP contribution is -2.34. The second-order valence-corrected chi connectivity index (χ2v) is 11.0. The molecule has 0 saturated heterocycles. The van der Waals surface area contributed by atoms with Gasteiger partial charge in [0, 0.05) is 19.7 Å². The van der Waals surface area contributed by atoms with Crippen molar-refractivity contribution >= 4 is 15.9 Å². The maximum atomic E-state index is 13.1. The Labute approximate surface area is 188 Å². The molecule has 2 aliphatic carbocycles. The Morgan fingerprint density at radius 2 is 1.88 bits per heavy atom. The van der Waals surface area contributed by atoms with Gasteiger partial charge in [0.05, 0.1) is 23.2 Å². The summed E-state index contributed by atoms with van der Waals surface area (Å²) in [6.07, 6.45) is 8.67. The molecule has 0 aliphatic heterocycles. The number of nitrogens with one attached hydrogen (secondary N) is 1. The fourth-order valence-electron chi connectivity index (χ4n) is 4.25. The highest BCUT2D eigenvalue weighted by Crippen LogP contribution is 2.43. The first kappa shape index (κ1) is 22.4. The molecule has 1 atom stereocenters. The number of amides is 1. The van der Waals surface area contributed by atoms with Gasteiger partial charge < -0.3 is 5.32 Å². The van der Waals surface area contributed by atoms with E-state index in [0.717, 1.165) is 42.8 Å². The van der Waals surface area contributed by atoms with Gasteiger partial charge in [-0.3, -0.25) is 4.79 Å². The lowest BCUT2D eigenvalue weighted by Gasteiger charge is -2.29. The lowest BCUT2D eigenvalue weighted by atomic mass is 9.82. The van der Waals surface area contributed by atoms with Crippen molar-refractivity contribution in [3.05, 3.63) is 41.7 Å². The van der Waals surface area contributed by atoms with Crippen molar-refractivity contribution in [2.24, 2.45) is 5.92 Å². The van der Waals surface area contributed by atoms with Crippen molar-refractivity contribution in [2.75, 3.05) is 14.1 Å². The van der Waals surface area contributed by atoms with E-state index in [0.29, 0.717) is 11.3 Å². The van der Waals surface area contributed by atoms with E-state index in [9.17, 15) is 18.5 Å². The van der Waals surface area contributed by atoms with Crippen LogP contribution in [0.5, 0.6) is 0 Å². The molecule has 2 aromatic rings. The summed E-state index contributed by atoms with van der Waals surface area (Å²) in [5.74, 6) is -0.0474. The summed E-state index contributed by atoms with van der Waals surface area (Å²) in [6.45, 7) is 0. The molecule has 1 heterocycles. The molecule has 2 fully saturated rings. The average molecular weight is 457 g/mol. The third-order valence-electron chi connectivity index (χ3n) is 6.50. The Balaban J connectivity index is 1.56. The van der Waals surface area contributed by atoms with Crippen molar-refractivity contribution in [1.82, 2.24) is 24.6 Å². The third kappa shape index (κ3) is 4.27. The van der Waals surface area contributed by atoms with Gasteiger partial charge in [-0.2, -0.15) is 5.26 Å². The van der Waals surface area contributed by atoms with Crippen LogP contribution in [0.1, 0.15) is 67.0 Å². The van der Waals surface area contributed by atoms with E-state index in [2.05, 4.69) is 21.7 Å². The number of rotatable bonds is 7. The number of carbonyl (C=O) groups is 1. The van der Waals surface area contributed by atoms with Crippen LogP contribution in [0, 0.1) is 17.2 Å². The molecule has 170 valence electrons. The van der Waals surface area contributed by atoms with Gasteiger partial charge in [-0.1, -0.05) is 24.5 Å². The number of hydrogen-bond acceptors (Lipinski definition) is 6. The first-order chi connectivity index (χ1) is 15.3. The Bertz CT molecular complexity index is 1120. The quantitative estimate of drug-likeness (QED) is 0.684. The number of carbonyl (C=O) groups excluding carboxylic acids is 1. The van der Waals surface area contributed by atoms with Gasteiger partial charge in [0.1, 0.15) is 5.69 Å². The standard InChI is InChI=1S/C22H28N6O3S/c1-27(2)32(30,31)18-10-8-17(9-11-18)21(29)24-20(16-6-4-3-5-7-16)19-14-28(26-25-19)22(15-23)12-13-22/h8-11,14,16,20H,3-7,12-13H2,1-2H3,(H,24,29)/t20-/m0/s1. The molecule has 10 heteroatoms. The number of aromatic nitrogens is 3. The van der Waals surface area contributed by atoms with Crippen molar-refractivity contribution in [3.63, 3.8) is 0 Å². The summed E-state index contributed by atoms with van der Waals surface area (Å²) in [6, 6.07) is 7.94. The number of nitriles is 1. The van der Waals surface area contributed by atoms with Crippen LogP contribution in [0.15, 0.2) is 35.4 Å². The predicted molar refractivity (Wildman–Crippen MR) is 117 cm³/mol. The van der Waals surface area contributed by atoms with Gasteiger partial charge in [0.15, 0.2) is 5.54 Å². The van der Waals surface area contributed by atoms with Gasteiger partial charge in [0.2, 0.25) is 10.0 Å². The molecular weight excluding hydrogens is 428 g/mol. The average Bonchev–Trinajstić information content (AvgIpc) is 3.46. The highest BCUT2D eigenvalue weighted by molar-refractivity contribution is 7.89. The first-order valence-corrected chi connectivity index (χ1v) is 12.4. The van der Waals surface area contributed by atoms with E-state index in [1.807, 2.05) is 0 Å². The molecule has 2 saturated carbocycles. The van der Waals surface area contributed by atoms with Crippen molar-refractivity contribution < 1.29 is 13.2 Å². The van der Waals surface area contributed by atoms with Crippen LogP contribution < -0.4 is 5.32 Å². The Kier molecular flexibility index (Phi) is 6.05. The molecule has 0 unspecified atom stereocenters. The monoisotopic (exact) mass is 456 g/mol. The summed E-state index contributed by atoms with van der Waals surface area (Å²) in [5, 5.41) is 21.1. The largest absolute Gasteiger partial charge is 0.343 e. The fraction of sp³-hybridized carbons (Fsp3) is 0.545. The number of hydrogen-bond donors (Lipinski definition) is 1. The molecule has 32 heavy (non-hydrogen) atoms. The second kappa shape index (κ2) is 8.64. The summed E-state index contributed by atoms with van der Waals surface area (Å²) in [7, 11) is -0.620. The van der Waals surface area contributed by atoms with E-state index in [4.69, 9.17) is 0 Å². The summed E-state index contributed by atoms with van der Waals surface area (Å²) in [4.78, 5) is 13.2. The van der Waals surface area contributed by atoms with Crippen molar-refractivity contribution in [3.8, 4) is 6.07 Å². The first-order valence-electron chi connectivity index (χ1n) is 10.9. The third-order valence-corrected chi connectivity index (χ3v) is 8.33. The fourth-order valence-corrected chi connectivity index (χ4v) is 5.16. The predicted octanol–water partition coefficient (Wildman–Crippen LogP) is 2.59. The van der Waals surface area contributed by atoms with E-state index < -0.39 is 15.6 Å². The highest BCUT2D eigenvalue weighted by atomic mass is 32.2. The molecule has 9 nitrogen and oxygen atoms in total. The minimum absolute atomic E-state index is 0.136. The minimum Gasteiger partial charge on any atom is -0.343 e. The normalized spacial score (nSPS) is 19.3. The molecule has 0 radical (unpaired) electrons. The number of nitrogens with zero attached hydrogens (tertiary/aromatic N) is 5. The van der Waals surface area contributed by atoms with Crippen LogP contribution in [0.4, 0.5) is 0 Å². The molecule has 2 aliphatic rings. The van der Waals surface area contributed by atoms with E-state index >= 15 is 0 Å². The Morgan fingerprint density at radius 1 is 1.22 bits per heavy atom. The molecule has 0 bridgehead atoms. The van der Waals surface area contributed by atoms with Gasteiger partial charge >= 0.3 is 0 Å². The topological polar surface area (TPSA) is 121 Å². The molecular formula is C22H28N6O3S. The highest BCUT2D eigenvalue weighted by Gasteiger charge is 2.47. The Morgan fingerprint density at radius 3 is 2.44 bits per heavy atom. The molecule has 1 amide bonds. The van der Waals surface area contributed by atoms with Gasteiger partial charge in [-0.05, 0) is 55.9 Å². The van der Waals surface area contributed by atoms with Crippen LogP contribution >= 0.6 is 0 Å². The van der Waals surface area contributed by atoms with Crippen molar-refractivity contribution in [2.45, 2.75) is 61.4 Å². The van der Waals surface area contributed by atoms with Gasteiger partial charge in [0.25, 0.3) is 5.91 Å². The van der Waals surface area contributed by atoms with Crippen molar-refractivity contribution in [1.29, 1.82) is 5.26 Å². The smallest absolute Gasteiger partial charge is 0.251 e. The zero-order valence-corrected chi connectivity index (χ0v) is 19.2. The van der Waals surface area contributed by atoms with Crippen LogP contribution in [0.25, 0.3) is 0 Å². The summed E-state index contributed by atoms with van der Waals surface area (Å²) < 4.78 is 27.3. The SMILES string of the molecule is CN(C)S(=O)(=O)c1ccc(C(=O)N[C@H](c2cn(C3(C#N)CC3)nn2)C2CCCCC2)cc1. The summed E-state index contributed by atoms with van der Waals surface area (Å²) in [5.41, 5.74) is 0.449. The van der Waals surface area contributed by atoms with Gasteiger partial charge in [-0.25, -0.2) is 17.4 Å². The van der Waals surface area contributed by atoms with Crippen LogP contribution in [0.2, 0.25) is 0 Å². The zero-order chi connectivity index (χ0) is 22.9.